The first-order valence-electron chi connectivity index (χ1n) is 6.49. The van der Waals surface area contributed by atoms with E-state index in [-0.39, 0.29) is 5.84 Å². The molecule has 0 aliphatic rings. The number of nitrogens with two attached hydrogens (primary N) is 1. The fourth-order valence-corrected chi connectivity index (χ4v) is 2.07. The molecule has 5 N–H and O–H groups in total. The van der Waals surface area contributed by atoms with E-state index >= 15 is 0 Å². The second-order valence-electron chi connectivity index (χ2n) is 4.99. The summed E-state index contributed by atoms with van der Waals surface area (Å²) in [5.74, 6) is 0.0951. The van der Waals surface area contributed by atoms with E-state index in [1.54, 1.807) is 6.07 Å². The molecule has 0 aromatic heterocycles. The highest BCUT2D eigenvalue weighted by Gasteiger charge is 2.18. The number of hydrogen-bond donors (Lipinski definition) is 4. The van der Waals surface area contributed by atoms with Gasteiger partial charge in [0.05, 0.1) is 5.60 Å². The first-order valence-corrected chi connectivity index (χ1v) is 6.49. The van der Waals surface area contributed by atoms with Crippen LogP contribution >= 0.6 is 0 Å². The fraction of sp³-hybridized carbons (Fsp3) is 0.500. The normalized spacial score (nSPS) is 15.2. The van der Waals surface area contributed by atoms with Gasteiger partial charge in [-0.05, 0) is 18.9 Å². The van der Waals surface area contributed by atoms with Gasteiger partial charge in [-0.15, -0.1) is 0 Å². The summed E-state index contributed by atoms with van der Waals surface area (Å²) in [5, 5.41) is 25.0. The van der Waals surface area contributed by atoms with Crippen LogP contribution in [-0.2, 0) is 6.54 Å². The summed E-state index contributed by atoms with van der Waals surface area (Å²) in [5.41, 5.74) is 6.55. The van der Waals surface area contributed by atoms with Crippen LogP contribution in [0.15, 0.2) is 29.4 Å². The third-order valence-corrected chi connectivity index (χ3v) is 3.01. The standard InChI is InChI=1S/C14H23N3O2/c1-3-8-14(2,18)10-16-9-11-6-4-5-7-12(11)13(15)17-19/h4-7,16,18-19H,3,8-10H2,1-2H3,(H2,15,17). The number of benzene rings is 1. The van der Waals surface area contributed by atoms with Crippen molar-refractivity contribution in [2.24, 2.45) is 10.9 Å². The lowest BCUT2D eigenvalue weighted by Crippen LogP contribution is -2.37. The van der Waals surface area contributed by atoms with Gasteiger partial charge in [0.15, 0.2) is 5.84 Å². The van der Waals surface area contributed by atoms with Gasteiger partial charge >= 0.3 is 0 Å². The maximum Gasteiger partial charge on any atom is 0.170 e. The summed E-state index contributed by atoms with van der Waals surface area (Å²) in [6.45, 7) is 4.93. The molecule has 19 heavy (non-hydrogen) atoms. The second kappa shape index (κ2) is 7.11. The zero-order chi connectivity index (χ0) is 14.3. The fourth-order valence-electron chi connectivity index (χ4n) is 2.07. The molecule has 0 aliphatic heterocycles. The van der Waals surface area contributed by atoms with Crippen LogP contribution in [0.1, 0.15) is 37.8 Å². The van der Waals surface area contributed by atoms with Gasteiger partial charge in [-0.3, -0.25) is 0 Å². The maximum absolute atomic E-state index is 10.1. The minimum atomic E-state index is -0.708. The molecule has 106 valence electrons. The van der Waals surface area contributed by atoms with E-state index in [9.17, 15) is 5.11 Å². The third-order valence-electron chi connectivity index (χ3n) is 3.01. The molecule has 1 aromatic carbocycles. The van der Waals surface area contributed by atoms with Gasteiger partial charge in [0.2, 0.25) is 0 Å². The van der Waals surface area contributed by atoms with Crippen molar-refractivity contribution in [3.63, 3.8) is 0 Å². The van der Waals surface area contributed by atoms with E-state index in [0.717, 1.165) is 18.4 Å². The predicted molar refractivity (Wildman–Crippen MR) is 76.2 cm³/mol. The molecule has 0 saturated carbocycles. The molecule has 5 nitrogen and oxygen atoms in total. The lowest BCUT2D eigenvalue weighted by Gasteiger charge is -2.23. The highest BCUT2D eigenvalue weighted by atomic mass is 16.4. The average molecular weight is 265 g/mol. The Labute approximate surface area is 114 Å². The monoisotopic (exact) mass is 265 g/mol. The SMILES string of the molecule is CCCC(C)(O)CNCc1ccccc1/C(N)=N/O. The van der Waals surface area contributed by atoms with Crippen molar-refractivity contribution >= 4 is 5.84 Å². The van der Waals surface area contributed by atoms with Gasteiger partial charge in [-0.2, -0.15) is 0 Å². The van der Waals surface area contributed by atoms with Crippen LogP contribution in [0.2, 0.25) is 0 Å². The first-order chi connectivity index (χ1) is 9.00. The van der Waals surface area contributed by atoms with Crippen LogP contribution in [0.3, 0.4) is 0 Å². The molecular formula is C14H23N3O2. The molecule has 1 unspecified atom stereocenters. The minimum absolute atomic E-state index is 0.0951. The van der Waals surface area contributed by atoms with Crippen LogP contribution in [-0.4, -0.2) is 28.3 Å². The van der Waals surface area contributed by atoms with Crippen LogP contribution in [0.5, 0.6) is 0 Å². The number of nitrogens with zero attached hydrogens (tertiary/aromatic N) is 1. The van der Waals surface area contributed by atoms with Gasteiger partial charge in [-0.1, -0.05) is 42.8 Å². The number of rotatable bonds is 7. The van der Waals surface area contributed by atoms with E-state index in [1.807, 2.05) is 32.0 Å². The first kappa shape index (κ1) is 15.5. The molecule has 0 radical (unpaired) electrons. The zero-order valence-corrected chi connectivity index (χ0v) is 11.6. The van der Waals surface area contributed by atoms with Crippen molar-refractivity contribution in [1.29, 1.82) is 0 Å². The number of hydrogen-bond acceptors (Lipinski definition) is 4. The van der Waals surface area contributed by atoms with Crippen molar-refractivity contribution < 1.29 is 10.3 Å². The van der Waals surface area contributed by atoms with Crippen molar-refractivity contribution in [1.82, 2.24) is 5.32 Å². The summed E-state index contributed by atoms with van der Waals surface area (Å²) in [6.07, 6.45) is 1.69. The van der Waals surface area contributed by atoms with Crippen LogP contribution in [0.25, 0.3) is 0 Å². The van der Waals surface area contributed by atoms with E-state index < -0.39 is 5.60 Å². The average Bonchev–Trinajstić information content (AvgIpc) is 2.38. The quantitative estimate of drug-likeness (QED) is 0.260. The lowest BCUT2D eigenvalue weighted by atomic mass is 10.0. The Morgan fingerprint density at radius 3 is 2.74 bits per heavy atom. The van der Waals surface area contributed by atoms with Crippen LogP contribution in [0.4, 0.5) is 0 Å². The molecule has 0 fully saturated rings. The predicted octanol–water partition coefficient (Wildman–Crippen LogP) is 1.42. The van der Waals surface area contributed by atoms with Crippen LogP contribution < -0.4 is 11.1 Å². The third kappa shape index (κ3) is 4.89. The Bertz CT molecular complexity index is 430. The van der Waals surface area contributed by atoms with Gasteiger partial charge in [-0.25, -0.2) is 0 Å². The van der Waals surface area contributed by atoms with Crippen molar-refractivity contribution in [3.8, 4) is 0 Å². The van der Waals surface area contributed by atoms with E-state index in [2.05, 4.69) is 10.5 Å². The molecule has 0 spiro atoms. The number of amidine groups is 1. The van der Waals surface area contributed by atoms with E-state index in [1.165, 1.54) is 0 Å². The van der Waals surface area contributed by atoms with Gasteiger partial charge in [0, 0.05) is 18.7 Å². The molecular weight excluding hydrogens is 242 g/mol. The largest absolute Gasteiger partial charge is 0.409 e. The highest BCUT2D eigenvalue weighted by molar-refractivity contribution is 5.98. The molecule has 5 heteroatoms. The Morgan fingerprint density at radius 2 is 2.11 bits per heavy atom. The summed E-state index contributed by atoms with van der Waals surface area (Å²) in [7, 11) is 0. The molecule has 0 amide bonds. The van der Waals surface area contributed by atoms with Crippen molar-refractivity contribution in [2.75, 3.05) is 6.54 Å². The summed E-state index contributed by atoms with van der Waals surface area (Å²) in [6, 6.07) is 7.45. The van der Waals surface area contributed by atoms with E-state index in [4.69, 9.17) is 10.9 Å². The Kier molecular flexibility index (Phi) is 5.79. The maximum atomic E-state index is 10.1. The molecule has 0 bridgehead atoms. The minimum Gasteiger partial charge on any atom is -0.409 e. The van der Waals surface area contributed by atoms with Gasteiger partial charge in [0.1, 0.15) is 0 Å². The zero-order valence-electron chi connectivity index (χ0n) is 11.6. The number of aliphatic hydroxyl groups is 1. The molecule has 0 heterocycles. The number of nitrogens with one attached hydrogen (secondary N) is 1. The van der Waals surface area contributed by atoms with Gasteiger partial charge in [0.25, 0.3) is 0 Å². The Morgan fingerprint density at radius 1 is 1.42 bits per heavy atom. The molecule has 1 aromatic rings. The molecule has 0 saturated heterocycles. The summed E-state index contributed by atoms with van der Waals surface area (Å²) < 4.78 is 0. The van der Waals surface area contributed by atoms with Crippen LogP contribution in [0, 0.1) is 0 Å². The molecule has 1 rings (SSSR count). The summed E-state index contributed by atoms with van der Waals surface area (Å²) in [4.78, 5) is 0. The Hall–Kier alpha value is -1.59. The second-order valence-corrected chi connectivity index (χ2v) is 4.99. The number of oxime groups is 1. The molecule has 1 atom stereocenters. The topological polar surface area (TPSA) is 90.9 Å². The molecule has 0 aliphatic carbocycles. The smallest absolute Gasteiger partial charge is 0.170 e. The lowest BCUT2D eigenvalue weighted by molar-refractivity contribution is 0.0498. The summed E-state index contributed by atoms with van der Waals surface area (Å²) >= 11 is 0. The van der Waals surface area contributed by atoms with Gasteiger partial charge < -0.3 is 21.4 Å². The van der Waals surface area contributed by atoms with Crippen molar-refractivity contribution in [3.05, 3.63) is 35.4 Å². The highest BCUT2D eigenvalue weighted by Crippen LogP contribution is 2.12. The Balaban J connectivity index is 2.64. The van der Waals surface area contributed by atoms with Crippen molar-refractivity contribution in [2.45, 2.75) is 38.8 Å². The van der Waals surface area contributed by atoms with E-state index in [0.29, 0.717) is 18.7 Å².